The lowest BCUT2D eigenvalue weighted by Crippen LogP contribution is -2.64. The molecule has 1 amide bonds. The topological polar surface area (TPSA) is 53.4 Å². The number of aromatic hydroxyl groups is 1. The third-order valence-corrected chi connectivity index (χ3v) is 6.77. The molecule has 4 heteroatoms. The van der Waals surface area contributed by atoms with Crippen molar-refractivity contribution < 1.29 is 9.90 Å². The van der Waals surface area contributed by atoms with Gasteiger partial charge in [0.1, 0.15) is 11.4 Å². The van der Waals surface area contributed by atoms with E-state index in [-0.39, 0.29) is 22.8 Å². The monoisotopic (exact) mass is 336 g/mol. The van der Waals surface area contributed by atoms with Gasteiger partial charge in [0.25, 0.3) is 5.91 Å². The molecule has 0 unspecified atom stereocenters. The lowest BCUT2D eigenvalue weighted by atomic mass is 9.51. The number of fused-ring (bicyclic) bond motifs is 4. The highest BCUT2D eigenvalue weighted by atomic mass is 16.3. The van der Waals surface area contributed by atoms with E-state index in [0.717, 1.165) is 18.5 Å². The van der Waals surface area contributed by atoms with Gasteiger partial charge in [0.05, 0.1) is 0 Å². The van der Waals surface area contributed by atoms with E-state index in [1.165, 1.54) is 5.56 Å². The number of likely N-dealkylation sites (tertiary alicyclic amines) is 1. The van der Waals surface area contributed by atoms with Crippen LogP contribution in [-0.2, 0) is 11.8 Å². The van der Waals surface area contributed by atoms with E-state index in [4.69, 9.17) is 0 Å². The first kappa shape index (κ1) is 16.1. The van der Waals surface area contributed by atoms with Gasteiger partial charge in [-0.1, -0.05) is 39.0 Å². The molecule has 0 saturated carbocycles. The molecule has 4 rings (SSSR count). The molecule has 1 aliphatic heterocycles. The smallest absolute Gasteiger partial charge is 0.272 e. The summed E-state index contributed by atoms with van der Waals surface area (Å²) in [6.45, 7) is 7.50. The van der Waals surface area contributed by atoms with Gasteiger partial charge in [-0.3, -0.25) is 9.78 Å². The third-order valence-electron chi connectivity index (χ3n) is 6.77. The SMILES string of the molecule is CC1(C)[C@H]2Cc3c(O)cccc3[C@]1(C)CCN2C(=O)c1ccccn1. The van der Waals surface area contributed by atoms with Crippen LogP contribution in [0.2, 0.25) is 0 Å². The number of phenolic OH excluding ortho intramolecular Hbond substituents is 1. The Morgan fingerprint density at radius 3 is 2.72 bits per heavy atom. The van der Waals surface area contributed by atoms with Crippen LogP contribution < -0.4 is 0 Å². The second-order valence-corrected chi connectivity index (χ2v) is 8.04. The van der Waals surface area contributed by atoms with Crippen molar-refractivity contribution in [3.8, 4) is 5.75 Å². The predicted molar refractivity (Wildman–Crippen MR) is 96.6 cm³/mol. The van der Waals surface area contributed by atoms with E-state index in [2.05, 4.69) is 31.8 Å². The van der Waals surface area contributed by atoms with Gasteiger partial charge in [-0.2, -0.15) is 0 Å². The van der Waals surface area contributed by atoms with Crippen LogP contribution in [-0.4, -0.2) is 33.5 Å². The molecule has 130 valence electrons. The largest absolute Gasteiger partial charge is 0.508 e. The van der Waals surface area contributed by atoms with Crippen molar-refractivity contribution in [3.63, 3.8) is 0 Å². The van der Waals surface area contributed by atoms with Crippen LogP contribution in [0.15, 0.2) is 42.6 Å². The number of phenols is 1. The molecule has 1 aliphatic carbocycles. The Hall–Kier alpha value is -2.36. The number of hydrogen-bond donors (Lipinski definition) is 1. The number of rotatable bonds is 1. The van der Waals surface area contributed by atoms with Crippen molar-refractivity contribution >= 4 is 5.91 Å². The zero-order chi connectivity index (χ0) is 17.8. The number of carbonyl (C=O) groups is 1. The van der Waals surface area contributed by atoms with Crippen LogP contribution in [0.4, 0.5) is 0 Å². The van der Waals surface area contributed by atoms with Crippen molar-refractivity contribution in [3.05, 3.63) is 59.4 Å². The maximum atomic E-state index is 13.1. The Kier molecular flexibility index (Phi) is 3.43. The zero-order valence-corrected chi connectivity index (χ0v) is 15.0. The van der Waals surface area contributed by atoms with Gasteiger partial charge >= 0.3 is 0 Å². The molecule has 1 aromatic carbocycles. The second kappa shape index (κ2) is 5.32. The van der Waals surface area contributed by atoms with E-state index < -0.39 is 0 Å². The van der Waals surface area contributed by atoms with Gasteiger partial charge < -0.3 is 10.0 Å². The second-order valence-electron chi connectivity index (χ2n) is 8.04. The molecule has 1 N–H and O–H groups in total. The fourth-order valence-electron chi connectivity index (χ4n) is 4.81. The first-order valence-corrected chi connectivity index (χ1v) is 8.89. The molecule has 2 aromatic rings. The molecule has 2 heterocycles. The maximum Gasteiger partial charge on any atom is 0.272 e. The summed E-state index contributed by atoms with van der Waals surface area (Å²) in [5, 5.41) is 10.4. The standard InChI is InChI=1S/C21H24N2O2/c1-20(2)18-13-14-15(7-6-9-17(14)24)21(20,3)10-12-23(18)19(25)16-8-4-5-11-22-16/h4-9,11,18,24H,10,12-13H2,1-3H3/t18-,21+/m1/s1. The summed E-state index contributed by atoms with van der Waals surface area (Å²) in [5.41, 5.74) is 2.57. The Morgan fingerprint density at radius 2 is 2.00 bits per heavy atom. The number of piperidine rings is 1. The number of pyridine rings is 1. The molecule has 2 atom stereocenters. The molecule has 1 aromatic heterocycles. The number of amides is 1. The molecule has 2 bridgehead atoms. The highest BCUT2D eigenvalue weighted by molar-refractivity contribution is 5.92. The predicted octanol–water partition coefficient (Wildman–Crippen LogP) is 3.54. The number of carbonyl (C=O) groups excluding carboxylic acids is 1. The average Bonchev–Trinajstić information content (AvgIpc) is 2.59. The van der Waals surface area contributed by atoms with Crippen LogP contribution in [0, 0.1) is 5.41 Å². The van der Waals surface area contributed by atoms with E-state index >= 15 is 0 Å². The lowest BCUT2D eigenvalue weighted by molar-refractivity contribution is -0.0269. The van der Waals surface area contributed by atoms with Gasteiger partial charge in [-0.15, -0.1) is 0 Å². The minimum Gasteiger partial charge on any atom is -0.508 e. The van der Waals surface area contributed by atoms with E-state index in [1.807, 2.05) is 23.1 Å². The van der Waals surface area contributed by atoms with Crippen molar-refractivity contribution in [1.29, 1.82) is 0 Å². The van der Waals surface area contributed by atoms with Gasteiger partial charge in [-0.05, 0) is 47.6 Å². The molecule has 1 fully saturated rings. The Morgan fingerprint density at radius 1 is 1.20 bits per heavy atom. The summed E-state index contributed by atoms with van der Waals surface area (Å²) in [6.07, 6.45) is 3.23. The van der Waals surface area contributed by atoms with Crippen LogP contribution >= 0.6 is 0 Å². The summed E-state index contributed by atoms with van der Waals surface area (Å²) in [4.78, 5) is 19.3. The van der Waals surface area contributed by atoms with Crippen LogP contribution in [0.25, 0.3) is 0 Å². The molecule has 4 nitrogen and oxygen atoms in total. The molecular formula is C21H24N2O2. The fraction of sp³-hybridized carbons (Fsp3) is 0.429. The third kappa shape index (κ3) is 2.13. The van der Waals surface area contributed by atoms with Gasteiger partial charge in [0.15, 0.2) is 0 Å². The maximum absolute atomic E-state index is 13.1. The van der Waals surface area contributed by atoms with Crippen LogP contribution in [0.1, 0.15) is 48.8 Å². The van der Waals surface area contributed by atoms with Crippen LogP contribution in [0.3, 0.4) is 0 Å². The number of hydrogen-bond acceptors (Lipinski definition) is 3. The number of benzene rings is 1. The normalized spacial score (nSPS) is 26.8. The summed E-state index contributed by atoms with van der Waals surface area (Å²) >= 11 is 0. The number of aromatic nitrogens is 1. The average molecular weight is 336 g/mol. The van der Waals surface area contributed by atoms with Crippen molar-refractivity contribution in [2.45, 2.75) is 45.1 Å². The summed E-state index contributed by atoms with van der Waals surface area (Å²) < 4.78 is 0. The first-order valence-electron chi connectivity index (χ1n) is 8.89. The molecule has 1 saturated heterocycles. The Labute approximate surface area is 148 Å². The fourth-order valence-corrected chi connectivity index (χ4v) is 4.81. The summed E-state index contributed by atoms with van der Waals surface area (Å²) in [6, 6.07) is 11.3. The van der Waals surface area contributed by atoms with Gasteiger partial charge in [0, 0.05) is 24.2 Å². The number of nitrogens with zero attached hydrogens (tertiary/aromatic N) is 2. The molecule has 0 radical (unpaired) electrons. The molecule has 0 spiro atoms. The molecule has 2 aliphatic rings. The van der Waals surface area contributed by atoms with E-state index in [9.17, 15) is 9.90 Å². The van der Waals surface area contributed by atoms with Crippen molar-refractivity contribution in [1.82, 2.24) is 9.88 Å². The summed E-state index contributed by atoms with van der Waals surface area (Å²) in [7, 11) is 0. The Balaban J connectivity index is 1.81. The quantitative estimate of drug-likeness (QED) is 0.866. The van der Waals surface area contributed by atoms with E-state index in [0.29, 0.717) is 17.9 Å². The van der Waals surface area contributed by atoms with Crippen LogP contribution in [0.5, 0.6) is 5.75 Å². The van der Waals surface area contributed by atoms with Crippen molar-refractivity contribution in [2.24, 2.45) is 5.41 Å². The highest BCUT2D eigenvalue weighted by Crippen LogP contribution is 2.57. The minimum absolute atomic E-state index is 0.0143. The molecule has 25 heavy (non-hydrogen) atoms. The van der Waals surface area contributed by atoms with E-state index in [1.54, 1.807) is 18.3 Å². The zero-order valence-electron chi connectivity index (χ0n) is 15.0. The van der Waals surface area contributed by atoms with Gasteiger partial charge in [0.2, 0.25) is 0 Å². The Bertz CT molecular complexity index is 831. The first-order chi connectivity index (χ1) is 11.9. The van der Waals surface area contributed by atoms with Gasteiger partial charge in [-0.25, -0.2) is 0 Å². The summed E-state index contributed by atoms with van der Waals surface area (Å²) in [5.74, 6) is 0.330. The lowest BCUT2D eigenvalue weighted by Gasteiger charge is -2.60. The van der Waals surface area contributed by atoms with Crippen molar-refractivity contribution in [2.75, 3.05) is 6.54 Å². The minimum atomic E-state index is -0.0868. The molecular weight excluding hydrogens is 312 g/mol. The highest BCUT2D eigenvalue weighted by Gasteiger charge is 2.57.